The Morgan fingerprint density at radius 3 is 2.75 bits per heavy atom. The maximum Gasteiger partial charge on any atom is 0.119 e. The van der Waals surface area contributed by atoms with Crippen molar-refractivity contribution in [3.05, 3.63) is 29.8 Å². The van der Waals surface area contributed by atoms with E-state index in [4.69, 9.17) is 9.47 Å². The van der Waals surface area contributed by atoms with Crippen molar-refractivity contribution in [1.29, 1.82) is 0 Å². The van der Waals surface area contributed by atoms with Crippen LogP contribution in [-0.2, 0) is 11.3 Å². The highest BCUT2D eigenvalue weighted by Gasteiger charge is 2.12. The van der Waals surface area contributed by atoms with E-state index in [0.717, 1.165) is 38.5 Å². The molecule has 112 valence electrons. The molecule has 0 aliphatic carbocycles. The van der Waals surface area contributed by atoms with Crippen LogP contribution in [-0.4, -0.2) is 25.9 Å². The topological polar surface area (TPSA) is 30.5 Å². The van der Waals surface area contributed by atoms with Gasteiger partial charge in [-0.25, -0.2) is 0 Å². The first-order valence-electron chi connectivity index (χ1n) is 7.77. The summed E-state index contributed by atoms with van der Waals surface area (Å²) in [5.74, 6) is 1.66. The van der Waals surface area contributed by atoms with Crippen LogP contribution in [0.4, 0.5) is 0 Å². The molecule has 1 atom stereocenters. The number of ether oxygens (including phenoxy) is 2. The number of nitrogens with one attached hydrogen (secondary N) is 1. The fourth-order valence-corrected chi connectivity index (χ4v) is 2.28. The molecular weight excluding hydrogens is 250 g/mol. The summed E-state index contributed by atoms with van der Waals surface area (Å²) < 4.78 is 11.2. The van der Waals surface area contributed by atoms with E-state index >= 15 is 0 Å². The maximum absolute atomic E-state index is 5.73. The van der Waals surface area contributed by atoms with Crippen molar-refractivity contribution in [2.24, 2.45) is 5.92 Å². The number of rotatable bonds is 7. The predicted octanol–water partition coefficient (Wildman–Crippen LogP) is 3.38. The van der Waals surface area contributed by atoms with Gasteiger partial charge >= 0.3 is 0 Å². The molecule has 0 spiro atoms. The zero-order valence-corrected chi connectivity index (χ0v) is 12.7. The molecule has 3 heteroatoms. The molecule has 2 rings (SSSR count). The van der Waals surface area contributed by atoms with E-state index in [0.29, 0.717) is 12.0 Å². The molecule has 1 saturated heterocycles. The monoisotopic (exact) mass is 277 g/mol. The van der Waals surface area contributed by atoms with Crippen molar-refractivity contribution in [3.8, 4) is 5.75 Å². The molecule has 1 aromatic rings. The summed E-state index contributed by atoms with van der Waals surface area (Å²) in [6, 6.07) is 8.91. The molecule has 3 nitrogen and oxygen atoms in total. The standard InChI is InChI=1S/C17H27NO2/c1-14(2)9-11-20-17-7-5-15(6-8-17)12-18-16-4-3-10-19-13-16/h5-8,14,16,18H,3-4,9-13H2,1-2H3. The second kappa shape index (κ2) is 8.28. The van der Waals surface area contributed by atoms with Crippen LogP contribution < -0.4 is 10.1 Å². The Morgan fingerprint density at radius 2 is 2.10 bits per heavy atom. The van der Waals surface area contributed by atoms with Gasteiger partial charge in [-0.1, -0.05) is 26.0 Å². The van der Waals surface area contributed by atoms with Gasteiger partial charge < -0.3 is 14.8 Å². The van der Waals surface area contributed by atoms with E-state index in [1.165, 1.54) is 18.4 Å². The highest BCUT2D eigenvalue weighted by Crippen LogP contribution is 2.14. The van der Waals surface area contributed by atoms with Gasteiger partial charge in [-0.2, -0.15) is 0 Å². The van der Waals surface area contributed by atoms with Crippen molar-refractivity contribution in [2.75, 3.05) is 19.8 Å². The molecule has 1 aliphatic heterocycles. The second-order valence-corrected chi connectivity index (χ2v) is 5.97. The van der Waals surface area contributed by atoms with Gasteiger partial charge in [-0.15, -0.1) is 0 Å². The number of hydrogen-bond donors (Lipinski definition) is 1. The Labute approximate surface area is 122 Å². The third kappa shape index (κ3) is 5.51. The zero-order valence-electron chi connectivity index (χ0n) is 12.7. The first-order chi connectivity index (χ1) is 9.74. The van der Waals surface area contributed by atoms with Gasteiger partial charge in [0.15, 0.2) is 0 Å². The molecular formula is C17H27NO2. The molecule has 1 aliphatic rings. The normalized spacial score (nSPS) is 19.2. The Kier molecular flexibility index (Phi) is 6.34. The third-order valence-electron chi connectivity index (χ3n) is 3.64. The van der Waals surface area contributed by atoms with Crippen molar-refractivity contribution in [2.45, 2.75) is 45.7 Å². The van der Waals surface area contributed by atoms with Gasteiger partial charge in [0, 0.05) is 19.2 Å². The smallest absolute Gasteiger partial charge is 0.119 e. The summed E-state index contributed by atoms with van der Waals surface area (Å²) in [6.07, 6.45) is 3.49. The van der Waals surface area contributed by atoms with Crippen LogP contribution in [0.25, 0.3) is 0 Å². The van der Waals surface area contributed by atoms with Gasteiger partial charge in [-0.3, -0.25) is 0 Å². The van der Waals surface area contributed by atoms with Crippen molar-refractivity contribution < 1.29 is 9.47 Å². The maximum atomic E-state index is 5.73. The van der Waals surface area contributed by atoms with Gasteiger partial charge in [0.2, 0.25) is 0 Å². The van der Waals surface area contributed by atoms with Crippen LogP contribution in [0.15, 0.2) is 24.3 Å². The lowest BCUT2D eigenvalue weighted by Crippen LogP contribution is -2.36. The van der Waals surface area contributed by atoms with E-state index in [-0.39, 0.29) is 0 Å². The number of benzene rings is 1. The Morgan fingerprint density at radius 1 is 1.30 bits per heavy atom. The molecule has 1 fully saturated rings. The molecule has 0 aromatic heterocycles. The molecule has 1 heterocycles. The summed E-state index contributed by atoms with van der Waals surface area (Å²) >= 11 is 0. The summed E-state index contributed by atoms with van der Waals surface area (Å²) in [6.45, 7) is 7.90. The van der Waals surface area contributed by atoms with E-state index in [2.05, 4.69) is 43.4 Å². The SMILES string of the molecule is CC(C)CCOc1ccc(CNC2CCCOC2)cc1. The van der Waals surface area contributed by atoms with Crippen LogP contribution in [0.2, 0.25) is 0 Å². The van der Waals surface area contributed by atoms with Crippen molar-refractivity contribution in [3.63, 3.8) is 0 Å². The lowest BCUT2D eigenvalue weighted by Gasteiger charge is -2.23. The predicted molar refractivity (Wildman–Crippen MR) is 82.1 cm³/mol. The quantitative estimate of drug-likeness (QED) is 0.829. The second-order valence-electron chi connectivity index (χ2n) is 5.97. The van der Waals surface area contributed by atoms with Gasteiger partial charge in [-0.05, 0) is 42.9 Å². The lowest BCUT2D eigenvalue weighted by atomic mass is 10.1. The molecule has 0 bridgehead atoms. The fourth-order valence-electron chi connectivity index (χ4n) is 2.28. The third-order valence-corrected chi connectivity index (χ3v) is 3.64. The molecule has 1 unspecified atom stereocenters. The van der Waals surface area contributed by atoms with E-state index in [1.807, 2.05) is 0 Å². The zero-order chi connectivity index (χ0) is 14.2. The Balaban J connectivity index is 1.70. The minimum atomic E-state index is 0.505. The van der Waals surface area contributed by atoms with Gasteiger partial charge in [0.25, 0.3) is 0 Å². The lowest BCUT2D eigenvalue weighted by molar-refractivity contribution is 0.0699. The van der Waals surface area contributed by atoms with E-state index in [9.17, 15) is 0 Å². The van der Waals surface area contributed by atoms with E-state index < -0.39 is 0 Å². The summed E-state index contributed by atoms with van der Waals surface area (Å²) in [5, 5.41) is 3.55. The highest BCUT2D eigenvalue weighted by molar-refractivity contribution is 5.27. The highest BCUT2D eigenvalue weighted by atomic mass is 16.5. The van der Waals surface area contributed by atoms with Crippen molar-refractivity contribution in [1.82, 2.24) is 5.32 Å². The molecule has 0 amide bonds. The van der Waals surface area contributed by atoms with Crippen LogP contribution >= 0.6 is 0 Å². The average molecular weight is 277 g/mol. The van der Waals surface area contributed by atoms with Crippen LogP contribution in [0.1, 0.15) is 38.7 Å². The average Bonchev–Trinajstić information content (AvgIpc) is 2.47. The minimum absolute atomic E-state index is 0.505. The first-order valence-corrected chi connectivity index (χ1v) is 7.77. The van der Waals surface area contributed by atoms with Crippen LogP contribution in [0.3, 0.4) is 0 Å². The Hall–Kier alpha value is -1.06. The van der Waals surface area contributed by atoms with Crippen LogP contribution in [0, 0.1) is 5.92 Å². The molecule has 0 radical (unpaired) electrons. The van der Waals surface area contributed by atoms with Crippen molar-refractivity contribution >= 4 is 0 Å². The van der Waals surface area contributed by atoms with E-state index in [1.54, 1.807) is 0 Å². The fraction of sp³-hybridized carbons (Fsp3) is 0.647. The van der Waals surface area contributed by atoms with Crippen LogP contribution in [0.5, 0.6) is 5.75 Å². The van der Waals surface area contributed by atoms with Gasteiger partial charge in [0.05, 0.1) is 13.2 Å². The largest absolute Gasteiger partial charge is 0.494 e. The molecule has 0 saturated carbocycles. The first kappa shape index (κ1) is 15.3. The number of hydrogen-bond acceptors (Lipinski definition) is 3. The summed E-state index contributed by atoms with van der Waals surface area (Å²) in [7, 11) is 0. The Bertz CT molecular complexity index is 369. The summed E-state index contributed by atoms with van der Waals surface area (Å²) in [5.41, 5.74) is 1.30. The van der Waals surface area contributed by atoms with Gasteiger partial charge in [0.1, 0.15) is 5.75 Å². The molecule has 1 N–H and O–H groups in total. The minimum Gasteiger partial charge on any atom is -0.494 e. The molecule has 20 heavy (non-hydrogen) atoms. The summed E-state index contributed by atoms with van der Waals surface area (Å²) in [4.78, 5) is 0. The molecule has 1 aromatic carbocycles.